The van der Waals surface area contributed by atoms with E-state index >= 15 is 0 Å². The van der Waals surface area contributed by atoms with E-state index < -0.39 is 0 Å². The molecule has 0 aliphatic rings. The molecule has 0 atom stereocenters. The minimum atomic E-state index is 0.488. The number of anilines is 1. The molecule has 0 heterocycles. The second-order valence-electron chi connectivity index (χ2n) is 6.37. The second-order valence-corrected chi connectivity index (χ2v) is 6.37. The molecule has 2 aromatic carbocycles. The van der Waals surface area contributed by atoms with Gasteiger partial charge in [-0.2, -0.15) is 0 Å². The highest BCUT2D eigenvalue weighted by atomic mass is 16.5. The smallest absolute Gasteiger partial charge is 0.191 e. The molecule has 0 amide bonds. The molecule has 0 spiro atoms. The van der Waals surface area contributed by atoms with Gasteiger partial charge in [0.05, 0.1) is 13.2 Å². The van der Waals surface area contributed by atoms with Crippen molar-refractivity contribution in [1.82, 2.24) is 10.6 Å². The average Bonchev–Trinajstić information content (AvgIpc) is 2.76. The first-order chi connectivity index (χ1) is 14.3. The summed E-state index contributed by atoms with van der Waals surface area (Å²) in [7, 11) is 1.70. The number of methoxy groups -OCH3 is 1. The fourth-order valence-corrected chi connectivity index (χ4v) is 2.66. The number of hydrogen-bond acceptors (Lipinski definition) is 4. The van der Waals surface area contributed by atoms with Crippen LogP contribution in [0.3, 0.4) is 0 Å². The van der Waals surface area contributed by atoms with Crippen LogP contribution in [0.15, 0.2) is 66.2 Å². The van der Waals surface area contributed by atoms with Crippen LogP contribution in [0.4, 0.5) is 5.69 Å². The molecule has 29 heavy (non-hydrogen) atoms. The molecule has 0 bridgehead atoms. The van der Waals surface area contributed by atoms with E-state index in [9.17, 15) is 0 Å². The number of nitrogens with zero attached hydrogens (tertiary/aromatic N) is 1. The van der Waals surface area contributed by atoms with Crippen molar-refractivity contribution in [3.8, 4) is 5.75 Å². The molecular formula is C23H32N4O2. The third-order valence-corrected chi connectivity index (χ3v) is 4.13. The summed E-state index contributed by atoms with van der Waals surface area (Å²) in [5.41, 5.74) is 3.30. The molecule has 0 saturated carbocycles. The predicted octanol–water partition coefficient (Wildman–Crippen LogP) is 3.57. The summed E-state index contributed by atoms with van der Waals surface area (Å²) in [5, 5.41) is 9.98. The zero-order valence-corrected chi connectivity index (χ0v) is 17.4. The first-order valence-electron chi connectivity index (χ1n) is 9.92. The molecule has 0 radical (unpaired) electrons. The molecule has 2 aromatic rings. The van der Waals surface area contributed by atoms with Crippen LogP contribution >= 0.6 is 0 Å². The molecule has 6 nitrogen and oxygen atoms in total. The molecule has 3 N–H and O–H groups in total. The number of benzene rings is 2. The van der Waals surface area contributed by atoms with Gasteiger partial charge in [0.25, 0.3) is 0 Å². The number of para-hydroxylation sites is 1. The van der Waals surface area contributed by atoms with E-state index in [2.05, 4.69) is 53.7 Å². The van der Waals surface area contributed by atoms with Crippen LogP contribution in [0.25, 0.3) is 0 Å². The minimum Gasteiger partial charge on any atom is -0.489 e. The highest BCUT2D eigenvalue weighted by Crippen LogP contribution is 2.17. The zero-order valence-electron chi connectivity index (χ0n) is 17.4. The first kappa shape index (κ1) is 22.3. The third kappa shape index (κ3) is 8.27. The van der Waals surface area contributed by atoms with Crippen molar-refractivity contribution in [2.45, 2.75) is 20.0 Å². The molecule has 0 aliphatic carbocycles. The first-order valence-corrected chi connectivity index (χ1v) is 9.92. The third-order valence-electron chi connectivity index (χ3n) is 4.13. The monoisotopic (exact) mass is 396 g/mol. The van der Waals surface area contributed by atoms with Crippen LogP contribution in [0.1, 0.15) is 18.1 Å². The van der Waals surface area contributed by atoms with Crippen molar-refractivity contribution in [2.24, 2.45) is 4.99 Å². The lowest BCUT2D eigenvalue weighted by Gasteiger charge is -2.14. The molecule has 6 heteroatoms. The lowest BCUT2D eigenvalue weighted by molar-refractivity contribution is 0.211. The van der Waals surface area contributed by atoms with Crippen molar-refractivity contribution >= 4 is 11.6 Å². The van der Waals surface area contributed by atoms with Gasteiger partial charge in [0, 0.05) is 38.0 Å². The number of aliphatic imine (C=N–C) groups is 1. The lowest BCUT2D eigenvalue weighted by Crippen LogP contribution is -2.36. The van der Waals surface area contributed by atoms with E-state index in [1.165, 1.54) is 0 Å². The minimum absolute atomic E-state index is 0.488. The summed E-state index contributed by atoms with van der Waals surface area (Å²) in [6.07, 6.45) is 1.74. The van der Waals surface area contributed by atoms with Gasteiger partial charge in [-0.1, -0.05) is 43.0 Å². The highest BCUT2D eigenvalue weighted by Gasteiger charge is 2.04. The van der Waals surface area contributed by atoms with Gasteiger partial charge in [-0.05, 0) is 30.7 Å². The van der Waals surface area contributed by atoms with Gasteiger partial charge in [0.1, 0.15) is 12.4 Å². The Bertz CT molecular complexity index is 760. The van der Waals surface area contributed by atoms with Gasteiger partial charge >= 0.3 is 0 Å². The fraction of sp³-hybridized carbons (Fsp3) is 0.348. The average molecular weight is 397 g/mol. The maximum Gasteiger partial charge on any atom is 0.191 e. The van der Waals surface area contributed by atoms with Crippen molar-refractivity contribution in [3.63, 3.8) is 0 Å². The Kier molecular flexibility index (Phi) is 10.2. The molecule has 0 unspecified atom stereocenters. The molecule has 0 aromatic heterocycles. The van der Waals surface area contributed by atoms with Crippen molar-refractivity contribution in [1.29, 1.82) is 0 Å². The normalized spacial score (nSPS) is 11.0. The Balaban J connectivity index is 1.93. The Morgan fingerprint density at radius 1 is 1.10 bits per heavy atom. The predicted molar refractivity (Wildman–Crippen MR) is 121 cm³/mol. The Morgan fingerprint density at radius 3 is 2.62 bits per heavy atom. The van der Waals surface area contributed by atoms with Gasteiger partial charge in [-0.25, -0.2) is 4.99 Å². The number of guanidine groups is 1. The molecule has 0 saturated heterocycles. The Morgan fingerprint density at radius 2 is 1.90 bits per heavy atom. The highest BCUT2D eigenvalue weighted by molar-refractivity contribution is 5.79. The SMILES string of the molecule is C=CCOc1ccccc1CNC(=NCc1ccc(NCCOC)cc1)NCC. The van der Waals surface area contributed by atoms with Crippen LogP contribution in [-0.4, -0.2) is 39.4 Å². The van der Waals surface area contributed by atoms with Crippen LogP contribution in [0.2, 0.25) is 0 Å². The molecule has 156 valence electrons. The van der Waals surface area contributed by atoms with Gasteiger partial charge < -0.3 is 25.4 Å². The maximum atomic E-state index is 5.72. The number of hydrogen-bond donors (Lipinski definition) is 3. The van der Waals surface area contributed by atoms with Crippen molar-refractivity contribution < 1.29 is 9.47 Å². The maximum absolute atomic E-state index is 5.72. The fourth-order valence-electron chi connectivity index (χ4n) is 2.66. The summed E-state index contributed by atoms with van der Waals surface area (Å²) in [4.78, 5) is 4.69. The Hall–Kier alpha value is -2.99. The van der Waals surface area contributed by atoms with Gasteiger partial charge in [0.15, 0.2) is 5.96 Å². The Labute approximate surface area is 174 Å². The van der Waals surface area contributed by atoms with E-state index in [1.54, 1.807) is 13.2 Å². The van der Waals surface area contributed by atoms with E-state index in [-0.39, 0.29) is 0 Å². The molecule has 0 fully saturated rings. The van der Waals surface area contributed by atoms with Crippen molar-refractivity contribution in [3.05, 3.63) is 72.3 Å². The van der Waals surface area contributed by atoms with Gasteiger partial charge in [-0.3, -0.25) is 0 Å². The van der Waals surface area contributed by atoms with E-state index in [0.29, 0.717) is 26.3 Å². The number of rotatable bonds is 12. The van der Waals surface area contributed by atoms with Gasteiger partial charge in [0.2, 0.25) is 0 Å². The standard InChI is InChI=1S/C23H32N4O2/c1-4-15-29-22-9-7-6-8-20(22)18-27-23(24-5-2)26-17-19-10-12-21(13-11-19)25-14-16-28-3/h4,6-13,25H,1,5,14-18H2,2-3H3,(H2,24,26,27). The van der Waals surface area contributed by atoms with E-state index in [1.807, 2.05) is 24.3 Å². The van der Waals surface area contributed by atoms with Gasteiger partial charge in [-0.15, -0.1) is 0 Å². The molecule has 2 rings (SSSR count). The zero-order chi connectivity index (χ0) is 20.7. The molecule has 0 aliphatic heterocycles. The second kappa shape index (κ2) is 13.2. The van der Waals surface area contributed by atoms with Crippen LogP contribution in [0.5, 0.6) is 5.75 Å². The van der Waals surface area contributed by atoms with Crippen LogP contribution in [-0.2, 0) is 17.8 Å². The summed E-state index contributed by atoms with van der Waals surface area (Å²) < 4.78 is 10.8. The summed E-state index contributed by atoms with van der Waals surface area (Å²) in [6.45, 7) is 9.74. The molecular weight excluding hydrogens is 364 g/mol. The summed E-state index contributed by atoms with van der Waals surface area (Å²) in [6, 6.07) is 16.3. The van der Waals surface area contributed by atoms with E-state index in [0.717, 1.165) is 41.6 Å². The van der Waals surface area contributed by atoms with E-state index in [4.69, 9.17) is 14.5 Å². The van der Waals surface area contributed by atoms with Crippen molar-refractivity contribution in [2.75, 3.05) is 38.7 Å². The van der Waals surface area contributed by atoms with Crippen LogP contribution in [0, 0.1) is 0 Å². The lowest BCUT2D eigenvalue weighted by atomic mass is 10.2. The number of ether oxygens (including phenoxy) is 2. The quantitative estimate of drug-likeness (QED) is 0.222. The summed E-state index contributed by atoms with van der Waals surface area (Å²) >= 11 is 0. The van der Waals surface area contributed by atoms with Crippen LogP contribution < -0.4 is 20.7 Å². The number of nitrogens with one attached hydrogen (secondary N) is 3. The topological polar surface area (TPSA) is 66.9 Å². The largest absolute Gasteiger partial charge is 0.489 e. The summed E-state index contributed by atoms with van der Waals surface area (Å²) in [5.74, 6) is 1.63.